The lowest BCUT2D eigenvalue weighted by molar-refractivity contribution is 0.573. The zero-order valence-electron chi connectivity index (χ0n) is 8.41. The van der Waals surface area contributed by atoms with Crippen molar-refractivity contribution in [3.8, 4) is 6.07 Å². The van der Waals surface area contributed by atoms with Crippen LogP contribution in [0, 0.1) is 11.3 Å². The maximum absolute atomic E-state index is 8.73. The predicted molar refractivity (Wildman–Crippen MR) is 60.0 cm³/mol. The molecular formula is C11H12ClN3. The van der Waals surface area contributed by atoms with Crippen molar-refractivity contribution in [1.29, 1.82) is 5.26 Å². The number of hydrogen-bond acceptors (Lipinski definition) is 3. The first-order valence-corrected chi connectivity index (χ1v) is 5.50. The first-order valence-electron chi connectivity index (χ1n) is 5.13. The number of halogens is 1. The van der Waals surface area contributed by atoms with Crippen LogP contribution in [0.2, 0.25) is 5.15 Å². The van der Waals surface area contributed by atoms with Gasteiger partial charge in [0, 0.05) is 13.1 Å². The van der Waals surface area contributed by atoms with Gasteiger partial charge in [-0.3, -0.25) is 0 Å². The van der Waals surface area contributed by atoms with Gasteiger partial charge in [-0.1, -0.05) is 11.6 Å². The molecule has 1 aromatic heterocycles. The smallest absolute Gasteiger partial charge is 0.149 e. The van der Waals surface area contributed by atoms with Crippen LogP contribution in [0.4, 0.5) is 5.82 Å². The number of anilines is 1. The lowest BCUT2D eigenvalue weighted by Crippen LogP contribution is -2.30. The standard InChI is InChI=1S/C11H12ClN3/c12-11-9(8-13)4-5-10(14-11)15-6-2-1-3-7-15/h4-5H,1-3,6-7H2. The highest BCUT2D eigenvalue weighted by Gasteiger charge is 2.13. The third kappa shape index (κ3) is 2.21. The van der Waals surface area contributed by atoms with Gasteiger partial charge in [-0.15, -0.1) is 0 Å². The van der Waals surface area contributed by atoms with Crippen LogP contribution >= 0.6 is 11.6 Å². The van der Waals surface area contributed by atoms with Gasteiger partial charge in [0.15, 0.2) is 0 Å². The second-order valence-corrected chi connectivity index (χ2v) is 4.03. The minimum absolute atomic E-state index is 0.306. The molecule has 0 spiro atoms. The molecule has 2 heterocycles. The van der Waals surface area contributed by atoms with E-state index >= 15 is 0 Å². The van der Waals surface area contributed by atoms with E-state index in [4.69, 9.17) is 16.9 Å². The Morgan fingerprint density at radius 3 is 2.60 bits per heavy atom. The molecule has 0 saturated carbocycles. The van der Waals surface area contributed by atoms with Crippen molar-refractivity contribution in [2.75, 3.05) is 18.0 Å². The summed E-state index contributed by atoms with van der Waals surface area (Å²) in [5.74, 6) is 0.888. The highest BCUT2D eigenvalue weighted by atomic mass is 35.5. The van der Waals surface area contributed by atoms with Crippen molar-refractivity contribution in [2.45, 2.75) is 19.3 Å². The molecule has 1 fully saturated rings. The minimum Gasteiger partial charge on any atom is -0.357 e. The fourth-order valence-corrected chi connectivity index (χ4v) is 2.00. The van der Waals surface area contributed by atoms with E-state index in [1.165, 1.54) is 19.3 Å². The molecule has 0 aliphatic carbocycles. The Morgan fingerprint density at radius 2 is 2.00 bits per heavy atom. The van der Waals surface area contributed by atoms with E-state index in [-0.39, 0.29) is 0 Å². The van der Waals surface area contributed by atoms with Crippen LogP contribution in [0.15, 0.2) is 12.1 Å². The fourth-order valence-electron chi connectivity index (χ4n) is 1.81. The summed E-state index contributed by atoms with van der Waals surface area (Å²) in [6.45, 7) is 2.07. The molecule has 15 heavy (non-hydrogen) atoms. The number of rotatable bonds is 1. The molecule has 1 saturated heterocycles. The number of pyridine rings is 1. The second kappa shape index (κ2) is 4.50. The van der Waals surface area contributed by atoms with Crippen LogP contribution in [-0.2, 0) is 0 Å². The van der Waals surface area contributed by atoms with Crippen LogP contribution in [0.1, 0.15) is 24.8 Å². The first-order chi connectivity index (χ1) is 7.31. The van der Waals surface area contributed by atoms with Crippen LogP contribution in [0.5, 0.6) is 0 Å². The molecule has 1 aliphatic rings. The number of aromatic nitrogens is 1. The molecule has 0 N–H and O–H groups in total. The Bertz CT molecular complexity index is 391. The summed E-state index contributed by atoms with van der Waals surface area (Å²) in [5.41, 5.74) is 0.442. The topological polar surface area (TPSA) is 39.9 Å². The van der Waals surface area contributed by atoms with E-state index < -0.39 is 0 Å². The van der Waals surface area contributed by atoms with E-state index in [1.54, 1.807) is 6.07 Å². The summed E-state index contributed by atoms with van der Waals surface area (Å²) >= 11 is 5.89. The third-order valence-electron chi connectivity index (χ3n) is 2.63. The summed E-state index contributed by atoms with van der Waals surface area (Å²) in [5, 5.41) is 9.04. The maximum atomic E-state index is 8.73. The highest BCUT2D eigenvalue weighted by Crippen LogP contribution is 2.21. The van der Waals surface area contributed by atoms with Gasteiger partial charge < -0.3 is 4.90 Å². The van der Waals surface area contributed by atoms with Crippen molar-refractivity contribution in [3.63, 3.8) is 0 Å². The quantitative estimate of drug-likeness (QED) is 0.685. The predicted octanol–water partition coefficient (Wildman–Crippen LogP) is 2.60. The van der Waals surface area contributed by atoms with Gasteiger partial charge >= 0.3 is 0 Å². The zero-order chi connectivity index (χ0) is 10.7. The van der Waals surface area contributed by atoms with E-state index in [2.05, 4.69) is 9.88 Å². The molecule has 0 bridgehead atoms. The Balaban J connectivity index is 2.22. The lowest BCUT2D eigenvalue weighted by atomic mass is 10.1. The lowest BCUT2D eigenvalue weighted by Gasteiger charge is -2.27. The molecule has 0 radical (unpaired) electrons. The summed E-state index contributed by atoms with van der Waals surface area (Å²) in [7, 11) is 0. The summed E-state index contributed by atoms with van der Waals surface area (Å²) in [4.78, 5) is 6.46. The number of piperidine rings is 1. The average molecular weight is 222 g/mol. The molecule has 0 amide bonds. The average Bonchev–Trinajstić information content (AvgIpc) is 2.30. The molecule has 0 unspecified atom stereocenters. The molecule has 0 atom stereocenters. The maximum Gasteiger partial charge on any atom is 0.149 e. The van der Waals surface area contributed by atoms with Gasteiger partial charge in [0.1, 0.15) is 17.0 Å². The van der Waals surface area contributed by atoms with Crippen LogP contribution < -0.4 is 4.90 Å². The Kier molecular flexibility index (Phi) is 3.08. The van der Waals surface area contributed by atoms with Crippen molar-refractivity contribution < 1.29 is 0 Å². The van der Waals surface area contributed by atoms with Gasteiger partial charge in [0.05, 0.1) is 5.56 Å². The molecule has 2 rings (SSSR count). The SMILES string of the molecule is N#Cc1ccc(N2CCCCC2)nc1Cl. The first kappa shape index (κ1) is 10.3. The third-order valence-corrected chi connectivity index (χ3v) is 2.92. The molecule has 1 aromatic rings. The summed E-state index contributed by atoms with van der Waals surface area (Å²) < 4.78 is 0. The molecule has 3 nitrogen and oxygen atoms in total. The summed E-state index contributed by atoms with van der Waals surface area (Å²) in [6.07, 6.45) is 3.71. The number of nitriles is 1. The molecule has 4 heteroatoms. The zero-order valence-corrected chi connectivity index (χ0v) is 9.17. The van der Waals surface area contributed by atoms with E-state index in [9.17, 15) is 0 Å². The van der Waals surface area contributed by atoms with Gasteiger partial charge in [-0.25, -0.2) is 4.98 Å². The van der Waals surface area contributed by atoms with Crippen molar-refractivity contribution >= 4 is 17.4 Å². The largest absolute Gasteiger partial charge is 0.357 e. The summed E-state index contributed by atoms with van der Waals surface area (Å²) in [6, 6.07) is 5.62. The van der Waals surface area contributed by atoms with Gasteiger partial charge in [0.25, 0.3) is 0 Å². The second-order valence-electron chi connectivity index (χ2n) is 3.67. The van der Waals surface area contributed by atoms with E-state index in [1.807, 2.05) is 12.1 Å². The monoisotopic (exact) mass is 221 g/mol. The number of nitrogens with zero attached hydrogens (tertiary/aromatic N) is 3. The Hall–Kier alpha value is -1.27. The van der Waals surface area contributed by atoms with Gasteiger partial charge in [-0.05, 0) is 31.4 Å². The number of hydrogen-bond donors (Lipinski definition) is 0. The van der Waals surface area contributed by atoms with Gasteiger partial charge in [-0.2, -0.15) is 5.26 Å². The molecule has 78 valence electrons. The Labute approximate surface area is 94.3 Å². The fraction of sp³-hybridized carbons (Fsp3) is 0.455. The molecule has 0 aromatic carbocycles. The van der Waals surface area contributed by atoms with Crippen molar-refractivity contribution in [3.05, 3.63) is 22.8 Å². The highest BCUT2D eigenvalue weighted by molar-refractivity contribution is 6.30. The van der Waals surface area contributed by atoms with E-state index in [0.717, 1.165) is 18.9 Å². The van der Waals surface area contributed by atoms with Crippen molar-refractivity contribution in [1.82, 2.24) is 4.98 Å². The van der Waals surface area contributed by atoms with Crippen LogP contribution in [-0.4, -0.2) is 18.1 Å². The molecular weight excluding hydrogens is 210 g/mol. The van der Waals surface area contributed by atoms with Crippen LogP contribution in [0.25, 0.3) is 0 Å². The Morgan fingerprint density at radius 1 is 1.27 bits per heavy atom. The minimum atomic E-state index is 0.306. The van der Waals surface area contributed by atoms with Crippen LogP contribution in [0.3, 0.4) is 0 Å². The van der Waals surface area contributed by atoms with Crippen molar-refractivity contribution in [2.24, 2.45) is 0 Å². The molecule has 1 aliphatic heterocycles. The van der Waals surface area contributed by atoms with E-state index in [0.29, 0.717) is 10.7 Å². The normalized spacial score (nSPS) is 16.1. The van der Waals surface area contributed by atoms with Gasteiger partial charge in [0.2, 0.25) is 0 Å².